The van der Waals surface area contributed by atoms with Crippen molar-refractivity contribution in [3.63, 3.8) is 0 Å². The van der Waals surface area contributed by atoms with Crippen molar-refractivity contribution in [1.82, 2.24) is 0 Å². The third-order valence-electron chi connectivity index (χ3n) is 2.77. The van der Waals surface area contributed by atoms with Gasteiger partial charge in [-0.05, 0) is 16.7 Å². The fraction of sp³-hybridized carbons (Fsp3) is 0.250. The highest BCUT2D eigenvalue weighted by atomic mass is 16.5. The van der Waals surface area contributed by atoms with E-state index >= 15 is 0 Å². The molecule has 0 fully saturated rings. The number of carbonyl (C=O) groups is 1. The van der Waals surface area contributed by atoms with Crippen LogP contribution in [0.15, 0.2) is 30.8 Å². The van der Waals surface area contributed by atoms with E-state index in [4.69, 9.17) is 0 Å². The van der Waals surface area contributed by atoms with Gasteiger partial charge in [-0.2, -0.15) is 0 Å². The van der Waals surface area contributed by atoms with Gasteiger partial charge < -0.3 is 9.84 Å². The van der Waals surface area contributed by atoms with E-state index in [2.05, 4.69) is 11.3 Å². The number of aliphatic hydroxyl groups is 1. The van der Waals surface area contributed by atoms with Crippen LogP contribution in [-0.4, -0.2) is 18.2 Å². The summed E-state index contributed by atoms with van der Waals surface area (Å²) in [5.74, 6) is -1.10. The summed E-state index contributed by atoms with van der Waals surface area (Å²) in [6.45, 7) is 3.84. The lowest BCUT2D eigenvalue weighted by Crippen LogP contribution is -2.19. The Bertz CT molecular complexity index is 423. The summed E-state index contributed by atoms with van der Waals surface area (Å²) in [5.41, 5.74) is 2.23. The van der Waals surface area contributed by atoms with Crippen molar-refractivity contribution in [3.05, 3.63) is 42.0 Å². The Hall–Kier alpha value is -1.61. The Kier molecular flexibility index (Phi) is 2.32. The van der Waals surface area contributed by atoms with E-state index in [1.807, 2.05) is 18.2 Å². The molecule has 0 radical (unpaired) electrons. The number of aliphatic hydroxyl groups excluding tert-OH is 1. The highest BCUT2D eigenvalue weighted by molar-refractivity contribution is 5.92. The number of benzene rings is 1. The predicted octanol–water partition coefficient (Wildman–Crippen LogP) is 1.54. The van der Waals surface area contributed by atoms with Gasteiger partial charge in [-0.1, -0.05) is 30.8 Å². The molecular weight excluding hydrogens is 192 g/mol. The van der Waals surface area contributed by atoms with Gasteiger partial charge in [0.2, 0.25) is 0 Å². The minimum absolute atomic E-state index is 0.441. The first-order chi connectivity index (χ1) is 7.16. The zero-order chi connectivity index (χ0) is 11.0. The van der Waals surface area contributed by atoms with Gasteiger partial charge in [-0.25, -0.2) is 0 Å². The number of hydrogen-bond acceptors (Lipinski definition) is 3. The van der Waals surface area contributed by atoms with Crippen molar-refractivity contribution in [2.75, 3.05) is 7.11 Å². The zero-order valence-electron chi connectivity index (χ0n) is 8.43. The number of fused-ring (bicyclic) bond motifs is 1. The van der Waals surface area contributed by atoms with Gasteiger partial charge in [0.15, 0.2) is 0 Å². The maximum Gasteiger partial charge on any atom is 0.316 e. The summed E-state index contributed by atoms with van der Waals surface area (Å²) in [7, 11) is 1.31. The first-order valence-electron chi connectivity index (χ1n) is 4.70. The van der Waals surface area contributed by atoms with Crippen LogP contribution in [0.2, 0.25) is 0 Å². The number of esters is 1. The summed E-state index contributed by atoms with van der Waals surface area (Å²) in [4.78, 5) is 11.5. The topological polar surface area (TPSA) is 46.5 Å². The molecule has 1 N–H and O–H groups in total. The molecule has 1 aliphatic carbocycles. The van der Waals surface area contributed by atoms with E-state index in [9.17, 15) is 9.90 Å². The summed E-state index contributed by atoms with van der Waals surface area (Å²) < 4.78 is 4.65. The van der Waals surface area contributed by atoms with Gasteiger partial charge >= 0.3 is 5.97 Å². The second-order valence-electron chi connectivity index (χ2n) is 3.56. The minimum atomic E-state index is -0.832. The SMILES string of the molecule is C=C1c2ccccc2[C@@H](O)[C@H]1C(=O)OC. The monoisotopic (exact) mass is 204 g/mol. The normalized spacial score (nSPS) is 23.7. The summed E-state index contributed by atoms with van der Waals surface area (Å²) in [6, 6.07) is 7.34. The number of ether oxygens (including phenoxy) is 1. The molecule has 15 heavy (non-hydrogen) atoms. The number of hydrogen-bond donors (Lipinski definition) is 1. The van der Waals surface area contributed by atoms with Crippen molar-refractivity contribution in [2.24, 2.45) is 5.92 Å². The number of carbonyl (C=O) groups excluding carboxylic acids is 1. The van der Waals surface area contributed by atoms with E-state index in [1.54, 1.807) is 6.07 Å². The summed E-state index contributed by atoms with van der Waals surface area (Å²) in [6.07, 6.45) is -0.832. The van der Waals surface area contributed by atoms with Crippen LogP contribution < -0.4 is 0 Å². The average molecular weight is 204 g/mol. The molecular formula is C12H12O3. The maximum absolute atomic E-state index is 11.5. The number of rotatable bonds is 1. The van der Waals surface area contributed by atoms with Crippen LogP contribution in [0.3, 0.4) is 0 Å². The second kappa shape index (κ2) is 3.51. The molecule has 0 spiro atoms. The molecule has 0 aromatic heterocycles. The van der Waals surface area contributed by atoms with Crippen LogP contribution in [0.5, 0.6) is 0 Å². The van der Waals surface area contributed by atoms with Crippen LogP contribution in [0.1, 0.15) is 17.2 Å². The lowest BCUT2D eigenvalue weighted by Gasteiger charge is -2.12. The Morgan fingerprint density at radius 3 is 2.73 bits per heavy atom. The van der Waals surface area contributed by atoms with Crippen LogP contribution >= 0.6 is 0 Å². The first-order valence-corrected chi connectivity index (χ1v) is 4.70. The van der Waals surface area contributed by atoms with Crippen molar-refractivity contribution in [3.8, 4) is 0 Å². The zero-order valence-corrected chi connectivity index (χ0v) is 8.43. The molecule has 3 heteroatoms. The Balaban J connectivity index is 2.45. The van der Waals surface area contributed by atoms with Gasteiger partial charge in [0.25, 0.3) is 0 Å². The molecule has 0 aliphatic heterocycles. The van der Waals surface area contributed by atoms with E-state index in [-0.39, 0.29) is 0 Å². The molecule has 1 aliphatic rings. The molecule has 0 bridgehead atoms. The quantitative estimate of drug-likeness (QED) is 0.706. The van der Waals surface area contributed by atoms with Crippen molar-refractivity contribution < 1.29 is 14.6 Å². The fourth-order valence-electron chi connectivity index (χ4n) is 1.98. The van der Waals surface area contributed by atoms with Gasteiger partial charge in [0, 0.05) is 0 Å². The maximum atomic E-state index is 11.5. The van der Waals surface area contributed by atoms with Crippen LogP contribution in [0.4, 0.5) is 0 Å². The smallest absolute Gasteiger partial charge is 0.316 e. The van der Waals surface area contributed by atoms with Crippen molar-refractivity contribution >= 4 is 11.5 Å². The molecule has 2 atom stereocenters. The molecule has 0 unspecified atom stereocenters. The molecule has 1 aromatic rings. The van der Waals surface area contributed by atoms with Crippen LogP contribution in [-0.2, 0) is 9.53 Å². The molecule has 0 saturated heterocycles. The lowest BCUT2D eigenvalue weighted by atomic mass is 10.0. The van der Waals surface area contributed by atoms with E-state index in [0.29, 0.717) is 5.57 Å². The van der Waals surface area contributed by atoms with Gasteiger partial charge in [-0.15, -0.1) is 0 Å². The average Bonchev–Trinajstić information content (AvgIpc) is 2.52. The Labute approximate surface area is 88.0 Å². The lowest BCUT2D eigenvalue weighted by molar-refractivity contribution is -0.146. The summed E-state index contributed by atoms with van der Waals surface area (Å²) >= 11 is 0. The first kappa shape index (κ1) is 9.93. The molecule has 1 aromatic carbocycles. The second-order valence-corrected chi connectivity index (χ2v) is 3.56. The molecule has 0 heterocycles. The largest absolute Gasteiger partial charge is 0.468 e. The van der Waals surface area contributed by atoms with Crippen molar-refractivity contribution in [2.45, 2.75) is 6.10 Å². The predicted molar refractivity (Wildman–Crippen MR) is 55.9 cm³/mol. The Morgan fingerprint density at radius 2 is 2.13 bits per heavy atom. The molecule has 0 saturated carbocycles. The third-order valence-corrected chi connectivity index (χ3v) is 2.77. The van der Waals surface area contributed by atoms with Gasteiger partial charge in [0.05, 0.1) is 13.2 Å². The molecule has 0 amide bonds. The van der Waals surface area contributed by atoms with E-state index in [0.717, 1.165) is 11.1 Å². The van der Waals surface area contributed by atoms with Gasteiger partial charge in [-0.3, -0.25) is 4.79 Å². The minimum Gasteiger partial charge on any atom is -0.468 e. The van der Waals surface area contributed by atoms with Crippen LogP contribution in [0, 0.1) is 5.92 Å². The highest BCUT2D eigenvalue weighted by Gasteiger charge is 2.39. The Morgan fingerprint density at radius 1 is 1.47 bits per heavy atom. The van der Waals surface area contributed by atoms with Gasteiger partial charge in [0.1, 0.15) is 5.92 Å². The highest BCUT2D eigenvalue weighted by Crippen LogP contribution is 2.43. The van der Waals surface area contributed by atoms with E-state index < -0.39 is 18.0 Å². The molecule has 3 nitrogen and oxygen atoms in total. The standard InChI is InChI=1S/C12H12O3/c1-7-8-5-3-4-6-9(8)11(13)10(7)12(14)15-2/h3-6,10-11,13H,1H2,2H3/t10-,11+/m0/s1. The van der Waals surface area contributed by atoms with E-state index in [1.165, 1.54) is 7.11 Å². The van der Waals surface area contributed by atoms with Crippen LogP contribution in [0.25, 0.3) is 5.57 Å². The summed E-state index contributed by atoms with van der Waals surface area (Å²) in [5, 5.41) is 9.95. The van der Waals surface area contributed by atoms with Crippen molar-refractivity contribution in [1.29, 1.82) is 0 Å². The third kappa shape index (κ3) is 1.36. The molecule has 78 valence electrons. The molecule has 2 rings (SSSR count). The number of methoxy groups -OCH3 is 1. The fourth-order valence-corrected chi connectivity index (χ4v) is 1.98.